The Balaban J connectivity index is 0.000000671. The molecule has 0 heterocycles. The predicted octanol–water partition coefficient (Wildman–Crippen LogP) is 4.97. The first kappa shape index (κ1) is 12.5. The molecule has 72 valence electrons. The summed E-state index contributed by atoms with van der Waals surface area (Å²) < 4.78 is 0. The zero-order valence-electron chi connectivity index (χ0n) is 8.20. The monoisotopic (exact) mass is 216 g/mol. The molecule has 2 heteroatoms. The van der Waals surface area contributed by atoms with Crippen LogP contribution in [0.1, 0.15) is 25.0 Å². The Morgan fingerprint density at radius 2 is 1.62 bits per heavy atom. The Morgan fingerprint density at radius 1 is 1.15 bits per heavy atom. The molecule has 0 aliphatic rings. The quantitative estimate of drug-likeness (QED) is 0.622. The van der Waals surface area contributed by atoms with Gasteiger partial charge < -0.3 is 0 Å². The summed E-state index contributed by atoms with van der Waals surface area (Å²) in [6.45, 7) is 9.63. The maximum Gasteiger partial charge on any atom is 0.0598 e. The minimum Gasteiger partial charge on any atom is -0.0985 e. The second kappa shape index (κ2) is 6.06. The third-order valence-electron chi connectivity index (χ3n) is 1.53. The van der Waals surface area contributed by atoms with E-state index in [4.69, 9.17) is 23.2 Å². The third-order valence-corrected chi connectivity index (χ3v) is 2.25. The van der Waals surface area contributed by atoms with Crippen molar-refractivity contribution in [3.05, 3.63) is 39.9 Å². The second-order valence-corrected chi connectivity index (χ2v) is 3.14. The van der Waals surface area contributed by atoms with E-state index >= 15 is 0 Å². The highest BCUT2D eigenvalue weighted by Gasteiger charge is 2.00. The van der Waals surface area contributed by atoms with Crippen LogP contribution < -0.4 is 0 Å². The van der Waals surface area contributed by atoms with Gasteiger partial charge in [0.2, 0.25) is 0 Å². The van der Waals surface area contributed by atoms with E-state index in [-0.39, 0.29) is 0 Å². The average Bonchev–Trinajstić information content (AvgIpc) is 2.15. The molecule has 0 N–H and O–H groups in total. The lowest BCUT2D eigenvalue weighted by atomic mass is 10.1. The van der Waals surface area contributed by atoms with Crippen molar-refractivity contribution in [2.24, 2.45) is 0 Å². The number of aryl methyl sites for hydroxylation is 1. The van der Waals surface area contributed by atoms with Gasteiger partial charge in [0.1, 0.15) is 0 Å². The zero-order valence-corrected chi connectivity index (χ0v) is 9.71. The molecule has 1 aromatic carbocycles. The predicted molar refractivity (Wildman–Crippen MR) is 62.6 cm³/mol. The van der Waals surface area contributed by atoms with E-state index in [0.717, 1.165) is 11.1 Å². The summed E-state index contributed by atoms with van der Waals surface area (Å²) in [6, 6.07) is 3.65. The van der Waals surface area contributed by atoms with Gasteiger partial charge in [0.15, 0.2) is 0 Å². The number of rotatable bonds is 1. The first-order valence-corrected chi connectivity index (χ1v) is 4.99. The van der Waals surface area contributed by atoms with Gasteiger partial charge >= 0.3 is 0 Å². The van der Waals surface area contributed by atoms with Crippen molar-refractivity contribution in [3.63, 3.8) is 0 Å². The maximum absolute atomic E-state index is 5.78. The summed E-state index contributed by atoms with van der Waals surface area (Å²) in [4.78, 5) is 0. The van der Waals surface area contributed by atoms with Gasteiger partial charge in [-0.25, -0.2) is 0 Å². The van der Waals surface area contributed by atoms with Gasteiger partial charge in [-0.15, -0.1) is 0 Å². The Hall–Kier alpha value is -0.460. The van der Waals surface area contributed by atoms with Crippen LogP contribution in [0, 0.1) is 6.92 Å². The number of hydrogen-bond donors (Lipinski definition) is 0. The van der Waals surface area contributed by atoms with E-state index in [0.29, 0.717) is 10.0 Å². The fourth-order valence-electron chi connectivity index (χ4n) is 0.882. The SMILES string of the molecule is C=Cc1cc(Cl)c(Cl)cc1C.CC. The van der Waals surface area contributed by atoms with Crippen molar-refractivity contribution >= 4 is 29.3 Å². The molecule has 1 aromatic rings. The lowest BCUT2D eigenvalue weighted by molar-refractivity contribution is 1.44. The van der Waals surface area contributed by atoms with Crippen molar-refractivity contribution in [2.45, 2.75) is 20.8 Å². The minimum atomic E-state index is 0.576. The third kappa shape index (κ3) is 3.41. The van der Waals surface area contributed by atoms with E-state index in [1.165, 1.54) is 0 Å². The minimum absolute atomic E-state index is 0.576. The van der Waals surface area contributed by atoms with Gasteiger partial charge in [0.05, 0.1) is 10.0 Å². The second-order valence-electron chi connectivity index (χ2n) is 2.33. The van der Waals surface area contributed by atoms with Crippen LogP contribution >= 0.6 is 23.2 Å². The molecule has 0 aliphatic carbocycles. The highest BCUT2D eigenvalue weighted by atomic mass is 35.5. The lowest BCUT2D eigenvalue weighted by Crippen LogP contribution is -1.80. The smallest absolute Gasteiger partial charge is 0.0598 e. The molecule has 0 spiro atoms. The van der Waals surface area contributed by atoms with Gasteiger partial charge in [0, 0.05) is 0 Å². The Labute approximate surface area is 90.2 Å². The molecule has 0 bridgehead atoms. The zero-order chi connectivity index (χ0) is 10.4. The summed E-state index contributed by atoms with van der Waals surface area (Å²) in [5, 5.41) is 1.17. The molecule has 0 saturated carbocycles. The van der Waals surface area contributed by atoms with Crippen LogP contribution in [0.2, 0.25) is 10.0 Å². The summed E-state index contributed by atoms with van der Waals surface area (Å²) in [6.07, 6.45) is 1.76. The lowest BCUT2D eigenvalue weighted by Gasteiger charge is -2.01. The first-order chi connectivity index (χ1) is 6.15. The average molecular weight is 217 g/mol. The molecule has 0 atom stereocenters. The van der Waals surface area contributed by atoms with Crippen LogP contribution in [0.4, 0.5) is 0 Å². The fourth-order valence-corrected chi connectivity index (χ4v) is 1.27. The van der Waals surface area contributed by atoms with Crippen LogP contribution in [0.3, 0.4) is 0 Å². The van der Waals surface area contributed by atoms with Crippen LogP contribution in [0.15, 0.2) is 18.7 Å². The normalized spacial score (nSPS) is 8.69. The summed E-state index contributed by atoms with van der Waals surface area (Å²) in [7, 11) is 0. The van der Waals surface area contributed by atoms with Gasteiger partial charge in [0.25, 0.3) is 0 Å². The molecule has 0 unspecified atom stereocenters. The van der Waals surface area contributed by atoms with Crippen LogP contribution in [-0.2, 0) is 0 Å². The van der Waals surface area contributed by atoms with Crippen LogP contribution in [-0.4, -0.2) is 0 Å². The molecule has 0 amide bonds. The van der Waals surface area contributed by atoms with E-state index in [1.54, 1.807) is 6.08 Å². The molecule has 0 fully saturated rings. The highest BCUT2D eigenvalue weighted by Crippen LogP contribution is 2.25. The largest absolute Gasteiger partial charge is 0.0985 e. The number of hydrogen-bond acceptors (Lipinski definition) is 0. The molecule has 1 rings (SSSR count). The molecule has 0 aromatic heterocycles. The Kier molecular flexibility index (Phi) is 5.85. The summed E-state index contributed by atoms with van der Waals surface area (Å²) >= 11 is 11.6. The van der Waals surface area contributed by atoms with Crippen molar-refractivity contribution in [1.29, 1.82) is 0 Å². The van der Waals surface area contributed by atoms with Crippen LogP contribution in [0.25, 0.3) is 6.08 Å². The Bertz CT molecular complexity index is 290. The van der Waals surface area contributed by atoms with Crippen molar-refractivity contribution in [2.75, 3.05) is 0 Å². The standard InChI is InChI=1S/C9H8Cl2.C2H6/c1-3-7-5-9(11)8(10)4-6(7)2;1-2/h3-5H,1H2,2H3;1-2H3. The first-order valence-electron chi connectivity index (χ1n) is 4.23. The van der Waals surface area contributed by atoms with E-state index in [2.05, 4.69) is 6.58 Å². The van der Waals surface area contributed by atoms with Gasteiger partial charge in [-0.05, 0) is 30.2 Å². The van der Waals surface area contributed by atoms with Gasteiger partial charge in [-0.3, -0.25) is 0 Å². The van der Waals surface area contributed by atoms with E-state index in [1.807, 2.05) is 32.9 Å². The van der Waals surface area contributed by atoms with Gasteiger partial charge in [-0.1, -0.05) is 49.7 Å². The molecule has 0 radical (unpaired) electrons. The van der Waals surface area contributed by atoms with Gasteiger partial charge in [-0.2, -0.15) is 0 Å². The molecular formula is C11H14Cl2. The topological polar surface area (TPSA) is 0 Å². The summed E-state index contributed by atoms with van der Waals surface area (Å²) in [5.41, 5.74) is 2.12. The maximum atomic E-state index is 5.78. The molecule has 0 nitrogen and oxygen atoms in total. The number of benzene rings is 1. The van der Waals surface area contributed by atoms with Crippen molar-refractivity contribution in [1.82, 2.24) is 0 Å². The van der Waals surface area contributed by atoms with Crippen LogP contribution in [0.5, 0.6) is 0 Å². The van der Waals surface area contributed by atoms with E-state index in [9.17, 15) is 0 Å². The molecule has 0 aliphatic heterocycles. The molecule has 0 saturated heterocycles. The fraction of sp³-hybridized carbons (Fsp3) is 0.273. The van der Waals surface area contributed by atoms with Crippen molar-refractivity contribution in [3.8, 4) is 0 Å². The highest BCUT2D eigenvalue weighted by molar-refractivity contribution is 6.42. The van der Waals surface area contributed by atoms with Crippen molar-refractivity contribution < 1.29 is 0 Å². The molecular weight excluding hydrogens is 203 g/mol. The molecule has 13 heavy (non-hydrogen) atoms. The Morgan fingerprint density at radius 3 is 2.08 bits per heavy atom. The number of halogens is 2. The summed E-state index contributed by atoms with van der Waals surface area (Å²) in [5.74, 6) is 0. The van der Waals surface area contributed by atoms with E-state index < -0.39 is 0 Å².